The highest BCUT2D eigenvalue weighted by molar-refractivity contribution is 5.82. The van der Waals surface area contributed by atoms with E-state index in [0.29, 0.717) is 16.9 Å². The van der Waals surface area contributed by atoms with Crippen molar-refractivity contribution < 1.29 is 9.21 Å². The molecule has 0 aliphatic heterocycles. The lowest BCUT2D eigenvalue weighted by Crippen LogP contribution is -2.40. The van der Waals surface area contributed by atoms with Crippen molar-refractivity contribution in [2.24, 2.45) is 0 Å². The fraction of sp³-hybridized carbons (Fsp3) is 0.286. The summed E-state index contributed by atoms with van der Waals surface area (Å²) in [4.78, 5) is 25.3. The van der Waals surface area contributed by atoms with Crippen LogP contribution < -0.4 is 10.9 Å². The zero-order chi connectivity index (χ0) is 19.7. The zero-order valence-electron chi connectivity index (χ0n) is 15.9. The van der Waals surface area contributed by atoms with Crippen LogP contribution in [0.25, 0.3) is 16.6 Å². The molecule has 4 rings (SSSR count). The SMILES string of the molecule is CC[C@@H](Cc1ccccc1)NC(=O)Cn1nc(C)n2c(cc3occc32)c1=O. The van der Waals surface area contributed by atoms with Gasteiger partial charge in [0, 0.05) is 18.2 Å². The van der Waals surface area contributed by atoms with Crippen molar-refractivity contribution in [3.05, 3.63) is 70.5 Å². The number of carbonyl (C=O) groups excluding carboxylic acids is 1. The Bertz CT molecular complexity index is 1190. The van der Waals surface area contributed by atoms with Gasteiger partial charge in [0.15, 0.2) is 5.58 Å². The van der Waals surface area contributed by atoms with Gasteiger partial charge in [-0.25, -0.2) is 4.68 Å². The van der Waals surface area contributed by atoms with Gasteiger partial charge in [-0.15, -0.1) is 0 Å². The van der Waals surface area contributed by atoms with E-state index < -0.39 is 0 Å². The molecule has 0 saturated carbocycles. The van der Waals surface area contributed by atoms with Crippen LogP contribution in [-0.4, -0.2) is 26.1 Å². The maximum Gasteiger partial charge on any atom is 0.291 e. The van der Waals surface area contributed by atoms with Crippen molar-refractivity contribution in [2.75, 3.05) is 0 Å². The zero-order valence-corrected chi connectivity index (χ0v) is 15.9. The Morgan fingerprint density at radius 1 is 1.21 bits per heavy atom. The highest BCUT2D eigenvalue weighted by Crippen LogP contribution is 2.19. The van der Waals surface area contributed by atoms with Crippen molar-refractivity contribution in [3.63, 3.8) is 0 Å². The van der Waals surface area contributed by atoms with Gasteiger partial charge < -0.3 is 9.73 Å². The van der Waals surface area contributed by atoms with Crippen LogP contribution in [-0.2, 0) is 17.8 Å². The van der Waals surface area contributed by atoms with Crippen LogP contribution in [0, 0.1) is 6.92 Å². The second-order valence-electron chi connectivity index (χ2n) is 6.91. The summed E-state index contributed by atoms with van der Waals surface area (Å²) in [5, 5.41) is 7.34. The number of fused-ring (bicyclic) bond motifs is 3. The summed E-state index contributed by atoms with van der Waals surface area (Å²) in [6.07, 6.45) is 3.13. The molecule has 0 spiro atoms. The van der Waals surface area contributed by atoms with Gasteiger partial charge in [-0.1, -0.05) is 37.3 Å². The van der Waals surface area contributed by atoms with Crippen LogP contribution in [0.1, 0.15) is 24.7 Å². The van der Waals surface area contributed by atoms with Gasteiger partial charge in [0.25, 0.3) is 5.56 Å². The second kappa shape index (κ2) is 7.34. The molecular weight excluding hydrogens is 356 g/mol. The first-order valence-electron chi connectivity index (χ1n) is 9.36. The number of aromatic nitrogens is 3. The molecule has 1 N–H and O–H groups in total. The topological polar surface area (TPSA) is 81.5 Å². The van der Waals surface area contributed by atoms with E-state index in [-0.39, 0.29) is 24.1 Å². The number of rotatable bonds is 6. The summed E-state index contributed by atoms with van der Waals surface area (Å²) >= 11 is 0. The van der Waals surface area contributed by atoms with Crippen molar-refractivity contribution in [1.82, 2.24) is 19.5 Å². The Balaban J connectivity index is 1.54. The molecule has 0 fully saturated rings. The minimum absolute atomic E-state index is 0.00562. The number of hydrogen-bond acceptors (Lipinski definition) is 4. The molecule has 1 amide bonds. The van der Waals surface area contributed by atoms with Crippen molar-refractivity contribution in [1.29, 1.82) is 0 Å². The van der Waals surface area contributed by atoms with Crippen LogP contribution in [0.3, 0.4) is 0 Å². The molecular formula is C21H22N4O3. The summed E-state index contributed by atoms with van der Waals surface area (Å²) in [5.74, 6) is 0.395. The molecule has 4 aromatic rings. The van der Waals surface area contributed by atoms with E-state index in [4.69, 9.17) is 4.42 Å². The standard InChI is InChI=1S/C21H22N4O3/c1-3-16(11-15-7-5-4-6-8-15)22-20(26)13-24-21(27)18-12-19-17(9-10-28-19)25(18)14(2)23-24/h4-10,12,16H,3,11,13H2,1-2H3,(H,22,26)/t16-/m0/s1. The number of furan rings is 1. The van der Waals surface area contributed by atoms with Gasteiger partial charge in [-0.05, 0) is 25.3 Å². The van der Waals surface area contributed by atoms with Crippen molar-refractivity contribution >= 4 is 22.5 Å². The van der Waals surface area contributed by atoms with Crippen LogP contribution in [0.2, 0.25) is 0 Å². The molecule has 144 valence electrons. The molecule has 7 nitrogen and oxygen atoms in total. The first-order chi connectivity index (χ1) is 13.6. The Hall–Kier alpha value is -3.35. The van der Waals surface area contributed by atoms with Gasteiger partial charge >= 0.3 is 0 Å². The van der Waals surface area contributed by atoms with Gasteiger partial charge in [-0.3, -0.25) is 14.0 Å². The molecule has 7 heteroatoms. The molecule has 3 heterocycles. The molecule has 0 unspecified atom stereocenters. The maximum absolute atomic E-state index is 12.8. The van der Waals surface area contributed by atoms with E-state index >= 15 is 0 Å². The normalized spacial score (nSPS) is 12.5. The van der Waals surface area contributed by atoms with Crippen LogP contribution in [0.5, 0.6) is 0 Å². The third-order valence-electron chi connectivity index (χ3n) is 4.94. The molecule has 0 radical (unpaired) electrons. The molecule has 0 saturated heterocycles. The fourth-order valence-electron chi connectivity index (χ4n) is 3.54. The Labute approximate surface area is 161 Å². The van der Waals surface area contributed by atoms with E-state index in [1.54, 1.807) is 29.7 Å². The minimum Gasteiger partial charge on any atom is -0.463 e. The number of hydrogen-bond donors (Lipinski definition) is 1. The van der Waals surface area contributed by atoms with E-state index in [9.17, 15) is 9.59 Å². The Morgan fingerprint density at radius 3 is 2.75 bits per heavy atom. The fourth-order valence-corrected chi connectivity index (χ4v) is 3.54. The Morgan fingerprint density at radius 2 is 2.00 bits per heavy atom. The number of benzene rings is 1. The van der Waals surface area contributed by atoms with Crippen LogP contribution >= 0.6 is 0 Å². The highest BCUT2D eigenvalue weighted by atomic mass is 16.3. The molecule has 28 heavy (non-hydrogen) atoms. The largest absolute Gasteiger partial charge is 0.463 e. The third-order valence-corrected chi connectivity index (χ3v) is 4.94. The van der Waals surface area contributed by atoms with Crippen LogP contribution in [0.15, 0.2) is 57.9 Å². The maximum atomic E-state index is 12.8. The molecule has 1 aromatic carbocycles. The molecule has 0 aliphatic rings. The van der Waals surface area contributed by atoms with Gasteiger partial charge in [-0.2, -0.15) is 5.10 Å². The predicted octanol–water partition coefficient (Wildman–Crippen LogP) is 2.69. The lowest BCUT2D eigenvalue weighted by Gasteiger charge is -2.17. The second-order valence-corrected chi connectivity index (χ2v) is 6.91. The van der Waals surface area contributed by atoms with E-state index in [0.717, 1.165) is 23.9 Å². The molecule has 0 bridgehead atoms. The number of nitrogens with one attached hydrogen (secondary N) is 1. The van der Waals surface area contributed by atoms with E-state index in [1.165, 1.54) is 4.68 Å². The average Bonchev–Trinajstić information content (AvgIpc) is 3.27. The summed E-state index contributed by atoms with van der Waals surface area (Å²) in [6.45, 7) is 3.72. The minimum atomic E-state index is -0.316. The first-order valence-corrected chi connectivity index (χ1v) is 9.36. The van der Waals surface area contributed by atoms with Gasteiger partial charge in [0.1, 0.15) is 17.9 Å². The first kappa shape index (κ1) is 18.0. The third kappa shape index (κ3) is 3.31. The summed E-state index contributed by atoms with van der Waals surface area (Å²) < 4.78 is 8.35. The van der Waals surface area contributed by atoms with Crippen molar-refractivity contribution in [2.45, 2.75) is 39.3 Å². The van der Waals surface area contributed by atoms with Gasteiger partial charge in [0.05, 0.1) is 11.8 Å². The number of nitrogens with zero attached hydrogens (tertiary/aromatic N) is 3. The van der Waals surface area contributed by atoms with E-state index in [2.05, 4.69) is 10.4 Å². The Kier molecular flexibility index (Phi) is 4.73. The lowest BCUT2D eigenvalue weighted by molar-refractivity contribution is -0.122. The number of aryl methyl sites for hydroxylation is 1. The molecule has 0 aliphatic carbocycles. The summed E-state index contributed by atoms with van der Waals surface area (Å²) in [6, 6.07) is 13.5. The number of amides is 1. The summed E-state index contributed by atoms with van der Waals surface area (Å²) in [7, 11) is 0. The predicted molar refractivity (Wildman–Crippen MR) is 106 cm³/mol. The van der Waals surface area contributed by atoms with Gasteiger partial charge in [0.2, 0.25) is 5.91 Å². The van der Waals surface area contributed by atoms with Crippen LogP contribution in [0.4, 0.5) is 0 Å². The quantitative estimate of drug-likeness (QED) is 0.559. The van der Waals surface area contributed by atoms with Crippen molar-refractivity contribution in [3.8, 4) is 0 Å². The summed E-state index contributed by atoms with van der Waals surface area (Å²) in [5.41, 5.74) is 2.72. The lowest BCUT2D eigenvalue weighted by atomic mass is 10.0. The highest BCUT2D eigenvalue weighted by Gasteiger charge is 2.17. The monoisotopic (exact) mass is 378 g/mol. The van der Waals surface area contributed by atoms with E-state index in [1.807, 2.05) is 37.3 Å². The smallest absolute Gasteiger partial charge is 0.291 e. The molecule has 1 atom stereocenters. The average molecular weight is 378 g/mol. The molecule has 3 aromatic heterocycles. The number of carbonyl (C=O) groups is 1.